The largest absolute Gasteiger partial charge is 0.454 e. The third-order valence-corrected chi connectivity index (χ3v) is 4.24. The van der Waals surface area contributed by atoms with Crippen LogP contribution in [0.1, 0.15) is 19.8 Å². The second-order valence-electron chi connectivity index (χ2n) is 5.66. The molecule has 0 saturated carbocycles. The fourth-order valence-corrected chi connectivity index (χ4v) is 3.00. The molecule has 1 aromatic rings. The number of likely N-dealkylation sites (tertiary alicyclic amines) is 1. The molecular weight excluding hydrogens is 298 g/mol. The van der Waals surface area contributed by atoms with Gasteiger partial charge in [0.15, 0.2) is 11.5 Å². The average Bonchev–Trinajstić information content (AvgIpc) is 3.20. The Morgan fingerprint density at radius 1 is 1.26 bits per heavy atom. The molecule has 7 heteroatoms. The molecule has 0 aliphatic carbocycles. The van der Waals surface area contributed by atoms with Gasteiger partial charge in [0.05, 0.1) is 0 Å². The number of ether oxygens (including phenoxy) is 2. The van der Waals surface area contributed by atoms with E-state index in [9.17, 15) is 9.59 Å². The number of benzene rings is 1. The number of hydrogen-bond donors (Lipinski definition) is 2. The lowest BCUT2D eigenvalue weighted by Crippen LogP contribution is -2.43. The highest BCUT2D eigenvalue weighted by atomic mass is 16.7. The van der Waals surface area contributed by atoms with E-state index in [-0.39, 0.29) is 6.79 Å². The van der Waals surface area contributed by atoms with Gasteiger partial charge in [-0.3, -0.25) is 14.5 Å². The number of hydrogen-bond acceptors (Lipinski definition) is 5. The van der Waals surface area contributed by atoms with Gasteiger partial charge in [-0.05, 0) is 38.1 Å². The maximum Gasteiger partial charge on any atom is 0.313 e. The molecule has 2 amide bonds. The van der Waals surface area contributed by atoms with E-state index < -0.39 is 11.8 Å². The van der Waals surface area contributed by atoms with Gasteiger partial charge in [0.1, 0.15) is 0 Å². The van der Waals surface area contributed by atoms with Crippen LogP contribution in [0.4, 0.5) is 5.69 Å². The quantitative estimate of drug-likeness (QED) is 0.808. The van der Waals surface area contributed by atoms with Gasteiger partial charge < -0.3 is 20.1 Å². The Hall–Kier alpha value is -2.28. The lowest BCUT2D eigenvalue weighted by molar-refractivity contribution is -0.136. The first kappa shape index (κ1) is 15.6. The normalized spacial score (nSPS) is 19.6. The Bertz CT molecular complexity index is 605. The van der Waals surface area contributed by atoms with E-state index in [1.165, 1.54) is 0 Å². The van der Waals surface area contributed by atoms with Crippen LogP contribution in [0.2, 0.25) is 0 Å². The third-order valence-electron chi connectivity index (χ3n) is 4.24. The predicted molar refractivity (Wildman–Crippen MR) is 84.5 cm³/mol. The molecule has 1 atom stereocenters. The molecule has 2 aliphatic heterocycles. The van der Waals surface area contributed by atoms with E-state index in [4.69, 9.17) is 9.47 Å². The average molecular weight is 319 g/mol. The van der Waals surface area contributed by atoms with Crippen molar-refractivity contribution in [3.8, 4) is 11.5 Å². The van der Waals surface area contributed by atoms with E-state index in [1.54, 1.807) is 18.2 Å². The molecular formula is C16H21N3O4. The first-order valence-electron chi connectivity index (χ1n) is 7.90. The topological polar surface area (TPSA) is 79.9 Å². The molecule has 0 aromatic heterocycles. The van der Waals surface area contributed by atoms with Crippen molar-refractivity contribution in [1.29, 1.82) is 0 Å². The molecule has 2 heterocycles. The number of anilines is 1. The first-order valence-corrected chi connectivity index (χ1v) is 7.90. The van der Waals surface area contributed by atoms with Crippen molar-refractivity contribution in [3.05, 3.63) is 18.2 Å². The number of carbonyl (C=O) groups excluding carboxylic acids is 2. The highest BCUT2D eigenvalue weighted by molar-refractivity contribution is 6.39. The lowest BCUT2D eigenvalue weighted by Gasteiger charge is -2.22. The van der Waals surface area contributed by atoms with Crippen LogP contribution in [-0.2, 0) is 9.59 Å². The van der Waals surface area contributed by atoms with Crippen LogP contribution in [0.15, 0.2) is 18.2 Å². The van der Waals surface area contributed by atoms with Gasteiger partial charge in [0.2, 0.25) is 6.79 Å². The van der Waals surface area contributed by atoms with Crippen molar-refractivity contribution in [3.63, 3.8) is 0 Å². The maximum atomic E-state index is 12.0. The first-order chi connectivity index (χ1) is 11.2. The number of nitrogens with one attached hydrogen (secondary N) is 2. The molecule has 0 bridgehead atoms. The molecule has 1 aromatic carbocycles. The molecule has 124 valence electrons. The second-order valence-corrected chi connectivity index (χ2v) is 5.66. The van der Waals surface area contributed by atoms with E-state index >= 15 is 0 Å². The number of nitrogens with zero attached hydrogens (tertiary/aromatic N) is 1. The molecule has 1 saturated heterocycles. The molecule has 3 rings (SSSR count). The Morgan fingerprint density at radius 3 is 2.91 bits per heavy atom. The van der Waals surface area contributed by atoms with Crippen LogP contribution in [0.5, 0.6) is 11.5 Å². The molecule has 1 fully saturated rings. The molecule has 23 heavy (non-hydrogen) atoms. The standard InChI is InChI=1S/C16H21N3O4/c1-2-19-7-3-4-12(19)9-17-15(20)16(21)18-11-5-6-13-14(8-11)23-10-22-13/h5-6,8,12H,2-4,7,9-10H2,1H3,(H,17,20)(H,18,21). The summed E-state index contributed by atoms with van der Waals surface area (Å²) in [5.74, 6) is -0.100. The van der Waals surface area contributed by atoms with E-state index in [1.807, 2.05) is 0 Å². The minimum atomic E-state index is -0.676. The maximum absolute atomic E-state index is 12.0. The van der Waals surface area contributed by atoms with Gasteiger partial charge in [-0.25, -0.2) is 0 Å². The fraction of sp³-hybridized carbons (Fsp3) is 0.500. The zero-order valence-electron chi connectivity index (χ0n) is 13.1. The summed E-state index contributed by atoms with van der Waals surface area (Å²) in [5.41, 5.74) is 0.505. The zero-order chi connectivity index (χ0) is 16.2. The Morgan fingerprint density at radius 2 is 2.09 bits per heavy atom. The number of fused-ring (bicyclic) bond motifs is 1. The van der Waals surface area contributed by atoms with Crippen LogP contribution in [0.3, 0.4) is 0 Å². The van der Waals surface area contributed by atoms with Crippen molar-refractivity contribution >= 4 is 17.5 Å². The van der Waals surface area contributed by atoms with Gasteiger partial charge in [0.25, 0.3) is 0 Å². The van der Waals surface area contributed by atoms with Crippen LogP contribution in [-0.4, -0.2) is 49.2 Å². The van der Waals surface area contributed by atoms with Crippen molar-refractivity contribution in [1.82, 2.24) is 10.2 Å². The SMILES string of the molecule is CCN1CCCC1CNC(=O)C(=O)Nc1ccc2c(c1)OCO2. The Balaban J connectivity index is 1.50. The third kappa shape index (κ3) is 3.56. The molecule has 2 aliphatic rings. The Kier molecular flexibility index (Phi) is 4.66. The van der Waals surface area contributed by atoms with E-state index in [0.717, 1.165) is 25.9 Å². The van der Waals surface area contributed by atoms with Gasteiger partial charge >= 0.3 is 11.8 Å². The van der Waals surface area contributed by atoms with Gasteiger partial charge in [-0.1, -0.05) is 6.92 Å². The van der Waals surface area contributed by atoms with Gasteiger partial charge in [-0.2, -0.15) is 0 Å². The lowest BCUT2D eigenvalue weighted by atomic mass is 10.2. The summed E-state index contributed by atoms with van der Waals surface area (Å²) in [4.78, 5) is 26.2. The minimum Gasteiger partial charge on any atom is -0.454 e. The summed E-state index contributed by atoms with van der Waals surface area (Å²) in [6.45, 7) is 4.79. The van der Waals surface area contributed by atoms with Crippen LogP contribution in [0.25, 0.3) is 0 Å². The molecule has 0 spiro atoms. The summed E-state index contributed by atoms with van der Waals surface area (Å²) >= 11 is 0. The number of likely N-dealkylation sites (N-methyl/N-ethyl adjacent to an activating group) is 1. The highest BCUT2D eigenvalue weighted by Gasteiger charge is 2.24. The van der Waals surface area contributed by atoms with Gasteiger partial charge in [0, 0.05) is 24.3 Å². The van der Waals surface area contributed by atoms with Crippen LogP contribution < -0.4 is 20.1 Å². The number of carbonyl (C=O) groups is 2. The molecule has 1 unspecified atom stereocenters. The zero-order valence-corrected chi connectivity index (χ0v) is 13.1. The molecule has 2 N–H and O–H groups in total. The minimum absolute atomic E-state index is 0.169. The number of amides is 2. The second kappa shape index (κ2) is 6.87. The summed E-state index contributed by atoms with van der Waals surface area (Å²) < 4.78 is 10.4. The highest BCUT2D eigenvalue weighted by Crippen LogP contribution is 2.34. The Labute approximate surface area is 134 Å². The van der Waals surface area contributed by atoms with Crippen molar-refractivity contribution in [2.24, 2.45) is 0 Å². The van der Waals surface area contributed by atoms with Crippen molar-refractivity contribution in [2.75, 3.05) is 31.7 Å². The molecule has 7 nitrogen and oxygen atoms in total. The summed E-state index contributed by atoms with van der Waals surface area (Å²) in [5, 5.41) is 5.28. The van der Waals surface area contributed by atoms with Gasteiger partial charge in [-0.15, -0.1) is 0 Å². The van der Waals surface area contributed by atoms with E-state index in [2.05, 4.69) is 22.5 Å². The monoisotopic (exact) mass is 319 g/mol. The number of rotatable bonds is 4. The summed E-state index contributed by atoms with van der Waals surface area (Å²) in [6.07, 6.45) is 2.19. The molecule has 0 radical (unpaired) electrons. The van der Waals surface area contributed by atoms with E-state index in [0.29, 0.717) is 29.8 Å². The van der Waals surface area contributed by atoms with Crippen molar-refractivity contribution < 1.29 is 19.1 Å². The summed E-state index contributed by atoms with van der Waals surface area (Å²) in [6, 6.07) is 5.34. The van der Waals surface area contributed by atoms with Crippen molar-refractivity contribution in [2.45, 2.75) is 25.8 Å². The summed E-state index contributed by atoms with van der Waals surface area (Å²) in [7, 11) is 0. The predicted octanol–water partition coefficient (Wildman–Crippen LogP) is 0.954. The van der Waals surface area contributed by atoms with Crippen LogP contribution >= 0.6 is 0 Å². The fourth-order valence-electron chi connectivity index (χ4n) is 3.00. The smallest absolute Gasteiger partial charge is 0.313 e. The van der Waals surface area contributed by atoms with Crippen LogP contribution in [0, 0.1) is 0 Å².